The van der Waals surface area contributed by atoms with E-state index < -0.39 is 0 Å². The highest BCUT2D eigenvalue weighted by atomic mass is 16.7. The highest BCUT2D eigenvalue weighted by Crippen LogP contribution is 2.41. The van der Waals surface area contributed by atoms with E-state index >= 15 is 0 Å². The Bertz CT molecular complexity index is 3840. The van der Waals surface area contributed by atoms with E-state index in [9.17, 15) is 15.3 Å². The Labute approximate surface area is 472 Å². The van der Waals surface area contributed by atoms with E-state index in [1.54, 1.807) is 42.3 Å². The maximum Gasteiger partial charge on any atom is 0.260 e. The molecule has 23 nitrogen and oxygen atoms in total. The molecule has 0 aromatic carbocycles. The number of methoxy groups -OCH3 is 1. The molecular formula is C59H59N19O4. The predicted octanol–water partition coefficient (Wildman–Crippen LogP) is 4.41. The van der Waals surface area contributed by atoms with Gasteiger partial charge in [-0.25, -0.2) is 29.0 Å². The molecule has 9 aliphatic heterocycles. The second-order valence-electron chi connectivity index (χ2n) is 22.5. The van der Waals surface area contributed by atoms with Crippen LogP contribution in [0.2, 0.25) is 0 Å². The third-order valence-electron chi connectivity index (χ3n) is 17.9. The van der Waals surface area contributed by atoms with Crippen LogP contribution >= 0.6 is 0 Å². The Balaban J connectivity index is 0.601. The number of piperidine rings is 2. The van der Waals surface area contributed by atoms with Gasteiger partial charge < -0.3 is 43.6 Å². The van der Waals surface area contributed by atoms with E-state index in [2.05, 4.69) is 92.9 Å². The molecule has 0 aliphatic carbocycles. The summed E-state index contributed by atoms with van der Waals surface area (Å²) in [7, 11) is 3.71. The lowest BCUT2D eigenvalue weighted by atomic mass is 9.86. The number of fused-ring (bicyclic) bond motifs is 7. The van der Waals surface area contributed by atoms with Crippen molar-refractivity contribution in [1.29, 1.82) is 10.5 Å². The Kier molecular flexibility index (Phi) is 12.2. The van der Waals surface area contributed by atoms with Crippen molar-refractivity contribution in [2.75, 3.05) is 119 Å². The van der Waals surface area contributed by atoms with Crippen molar-refractivity contribution < 1.29 is 19.0 Å². The smallest absolute Gasteiger partial charge is 0.260 e. The molecule has 1 amide bonds. The summed E-state index contributed by atoms with van der Waals surface area (Å²) in [5.41, 5.74) is 10.6. The highest BCUT2D eigenvalue weighted by molar-refractivity contribution is 5.95. The number of piperazine rings is 4. The number of nitrogens with zero attached hydrogens (tertiary/aromatic N) is 19. The fourth-order valence-electron chi connectivity index (χ4n) is 13.4. The largest absolute Gasteiger partial charge is 0.481 e. The molecule has 4 unspecified atom stereocenters. The van der Waals surface area contributed by atoms with Gasteiger partial charge in [0.05, 0.1) is 107 Å². The average molecular weight is 1100 g/mol. The molecule has 4 bridgehead atoms. The minimum absolute atomic E-state index is 0.00507. The van der Waals surface area contributed by atoms with Crippen molar-refractivity contribution in [2.24, 2.45) is 0 Å². The lowest BCUT2D eigenvalue weighted by Crippen LogP contribution is -2.70. The maximum absolute atomic E-state index is 13.5. The van der Waals surface area contributed by atoms with E-state index in [-0.39, 0.29) is 24.8 Å². The van der Waals surface area contributed by atoms with E-state index in [0.717, 1.165) is 147 Å². The third kappa shape index (κ3) is 8.74. The zero-order valence-electron chi connectivity index (χ0n) is 45.6. The lowest BCUT2D eigenvalue weighted by molar-refractivity contribution is -0.00918. The van der Waals surface area contributed by atoms with Crippen LogP contribution in [-0.4, -0.2) is 193 Å². The van der Waals surface area contributed by atoms with Crippen molar-refractivity contribution in [3.05, 3.63) is 120 Å². The normalized spacial score (nSPS) is 21.6. The summed E-state index contributed by atoms with van der Waals surface area (Å²) in [6.07, 6.45) is 16.6. The van der Waals surface area contributed by atoms with Gasteiger partial charge in [0.15, 0.2) is 5.75 Å². The molecule has 414 valence electrons. The van der Waals surface area contributed by atoms with Crippen LogP contribution < -0.4 is 33.8 Å². The van der Waals surface area contributed by atoms with Gasteiger partial charge in [-0.3, -0.25) is 19.6 Å². The summed E-state index contributed by atoms with van der Waals surface area (Å²) >= 11 is 0. The van der Waals surface area contributed by atoms with Gasteiger partial charge >= 0.3 is 0 Å². The molecule has 0 N–H and O–H groups in total. The minimum Gasteiger partial charge on any atom is -0.481 e. The summed E-state index contributed by atoms with van der Waals surface area (Å²) < 4.78 is 20.5. The molecule has 23 heteroatoms. The quantitative estimate of drug-likeness (QED) is 0.166. The van der Waals surface area contributed by atoms with E-state index in [4.69, 9.17) is 34.1 Å². The first kappa shape index (κ1) is 49.8. The first-order valence-electron chi connectivity index (χ1n) is 28.1. The van der Waals surface area contributed by atoms with Gasteiger partial charge in [-0.15, -0.1) is 0 Å². The number of hydrogen-bond acceptors (Lipinski definition) is 20. The van der Waals surface area contributed by atoms with Crippen LogP contribution in [0.15, 0.2) is 92.0 Å². The first-order chi connectivity index (χ1) is 40.2. The molecule has 8 aromatic heterocycles. The number of amides is 1. The standard InChI is InChI=1S/C59H59N19O4/c1-69-7-11-71(12-8-69)43-19-49(57-41(21-61)25-67-77(57)34-43)50-26-64-54(27-62-50)74-29-44-16-45(30-74)75(44)28-39-15-52-58(82-36-81-52)68-51(39)35-70-9-13-72(14-10-70)42-18-48(56-40(20-60)24-66-76(56)33-42)37-3-5-53(63-22-37)73-31-46-17-47(32-73)78(46)59(79)38-4-6-55(80-2)65-23-38/h3-6,15,18-19,22-27,33-34,44-47H,7-14,16-17,28-32,35-36H2,1-2H3. The number of pyridine rings is 5. The fourth-order valence-corrected chi connectivity index (χ4v) is 13.4. The molecule has 17 rings (SSSR count). The highest BCUT2D eigenvalue weighted by Gasteiger charge is 2.48. The molecular weight excluding hydrogens is 1040 g/mol. The lowest BCUT2D eigenvalue weighted by Gasteiger charge is -2.56. The minimum atomic E-state index is -0.00507. The van der Waals surface area contributed by atoms with Crippen molar-refractivity contribution in [3.63, 3.8) is 0 Å². The zero-order valence-corrected chi connectivity index (χ0v) is 45.6. The average Bonchev–Trinajstić information content (AvgIpc) is 4.20. The molecule has 8 fully saturated rings. The molecule has 9 aliphatic rings. The molecule has 0 radical (unpaired) electrons. The molecule has 0 spiro atoms. The van der Waals surface area contributed by atoms with Crippen LogP contribution in [0.25, 0.3) is 33.4 Å². The van der Waals surface area contributed by atoms with Crippen molar-refractivity contribution >= 4 is 40.0 Å². The second kappa shape index (κ2) is 20.1. The van der Waals surface area contributed by atoms with Crippen LogP contribution in [0.1, 0.15) is 45.6 Å². The summed E-state index contributed by atoms with van der Waals surface area (Å²) in [5, 5.41) is 29.4. The summed E-state index contributed by atoms with van der Waals surface area (Å²) in [5.74, 6) is 3.42. The van der Waals surface area contributed by atoms with Gasteiger partial charge in [0, 0.05) is 139 Å². The van der Waals surface area contributed by atoms with Gasteiger partial charge in [-0.05, 0) is 61.9 Å². The number of nitriles is 2. The monoisotopic (exact) mass is 1100 g/mol. The molecule has 0 saturated carbocycles. The molecule has 8 aromatic rings. The fraction of sp³-hybridized carbons (Fsp3) is 0.390. The number of likely N-dealkylation sites (N-methyl/N-ethyl adjacent to an activating group) is 1. The summed E-state index contributed by atoms with van der Waals surface area (Å²) in [6.45, 7) is 11.7. The van der Waals surface area contributed by atoms with Gasteiger partial charge in [0.25, 0.3) is 11.8 Å². The van der Waals surface area contributed by atoms with Crippen LogP contribution in [0.4, 0.5) is 23.0 Å². The number of ether oxygens (including phenoxy) is 3. The molecule has 17 heterocycles. The topological polar surface area (TPSA) is 217 Å². The van der Waals surface area contributed by atoms with Gasteiger partial charge in [0.1, 0.15) is 23.8 Å². The Hall–Kier alpha value is -9.16. The van der Waals surface area contributed by atoms with Crippen molar-refractivity contribution in [2.45, 2.75) is 50.1 Å². The number of hydrogen-bond donors (Lipinski definition) is 0. The number of carbonyl (C=O) groups excluding carboxylic acids is 1. The number of aromatic nitrogens is 9. The van der Waals surface area contributed by atoms with Crippen LogP contribution in [0.3, 0.4) is 0 Å². The van der Waals surface area contributed by atoms with Crippen molar-refractivity contribution in [3.8, 4) is 52.0 Å². The number of rotatable bonds is 12. The Morgan fingerprint density at radius 2 is 1.32 bits per heavy atom. The molecule has 82 heavy (non-hydrogen) atoms. The van der Waals surface area contributed by atoms with Gasteiger partial charge in [0.2, 0.25) is 12.7 Å². The summed E-state index contributed by atoms with van der Waals surface area (Å²) in [6, 6.07) is 19.6. The van der Waals surface area contributed by atoms with Crippen LogP contribution in [0.5, 0.6) is 17.5 Å². The number of carbonyl (C=O) groups is 1. The number of anilines is 4. The van der Waals surface area contributed by atoms with Gasteiger partial charge in [-0.2, -0.15) is 20.7 Å². The molecule has 4 atom stereocenters. The third-order valence-corrected chi connectivity index (χ3v) is 17.9. The van der Waals surface area contributed by atoms with Gasteiger partial charge in [-0.1, -0.05) is 0 Å². The van der Waals surface area contributed by atoms with E-state index in [1.165, 1.54) is 0 Å². The zero-order chi connectivity index (χ0) is 55.2. The predicted molar refractivity (Wildman–Crippen MR) is 303 cm³/mol. The van der Waals surface area contributed by atoms with E-state index in [1.807, 2.05) is 46.5 Å². The van der Waals surface area contributed by atoms with Crippen LogP contribution in [0, 0.1) is 22.7 Å². The van der Waals surface area contributed by atoms with Crippen LogP contribution in [-0.2, 0) is 13.1 Å². The SMILES string of the molecule is COc1ccc(C(=O)N2C3CC2CN(c2ccc(-c4cc(N5CCN(Cc6nc7c(cc6CN6C8CC6CN(c6cnc(-c9cc(N%10CCN(C)CC%10)cn%10ncc(C#N)c9%10)cn6)C8)OCO7)CC5)cn5ncc(C#N)c45)cn2)C3)cn1. The maximum atomic E-state index is 13.5. The van der Waals surface area contributed by atoms with E-state index in [0.29, 0.717) is 71.6 Å². The summed E-state index contributed by atoms with van der Waals surface area (Å²) in [4.78, 5) is 56.5. The second-order valence-corrected chi connectivity index (χ2v) is 22.5. The van der Waals surface area contributed by atoms with Crippen molar-refractivity contribution in [1.82, 2.24) is 63.7 Å². The first-order valence-corrected chi connectivity index (χ1v) is 28.1. The Morgan fingerprint density at radius 1 is 0.659 bits per heavy atom. The molecule has 8 saturated heterocycles. The Morgan fingerprint density at radius 3 is 1.96 bits per heavy atom.